The molecule has 0 unspecified atom stereocenters. The first-order chi connectivity index (χ1) is 15.6. The third-order valence-electron chi connectivity index (χ3n) is 5.52. The van der Waals surface area contributed by atoms with E-state index in [1.807, 2.05) is 24.3 Å². The van der Waals surface area contributed by atoms with E-state index in [0.29, 0.717) is 18.9 Å². The number of hydrogen-bond donors (Lipinski definition) is 2. The first-order valence-electron chi connectivity index (χ1n) is 10.6. The van der Waals surface area contributed by atoms with Gasteiger partial charge in [-0.2, -0.15) is 4.37 Å². The number of urea groups is 1. The lowest BCUT2D eigenvalue weighted by atomic mass is 9.97. The first kappa shape index (κ1) is 22.0. The van der Waals surface area contributed by atoms with Crippen LogP contribution in [-0.2, 0) is 6.42 Å². The average molecular weight is 456 g/mol. The summed E-state index contributed by atoms with van der Waals surface area (Å²) in [5.41, 5.74) is 1.72. The molecule has 0 bridgehead atoms. The molecule has 0 spiro atoms. The second kappa shape index (κ2) is 10.4. The zero-order valence-electron chi connectivity index (χ0n) is 17.9. The Balaban J connectivity index is 1.20. The molecule has 1 aromatic heterocycles. The average Bonchev–Trinajstić information content (AvgIpc) is 3.28. The van der Waals surface area contributed by atoms with Gasteiger partial charge < -0.3 is 20.3 Å². The Morgan fingerprint density at radius 3 is 2.56 bits per heavy atom. The van der Waals surface area contributed by atoms with Gasteiger partial charge in [0.05, 0.1) is 7.11 Å². The number of aromatic nitrogens is 2. The van der Waals surface area contributed by atoms with Crippen LogP contribution in [0.4, 0.5) is 20.0 Å². The van der Waals surface area contributed by atoms with Gasteiger partial charge in [-0.25, -0.2) is 14.2 Å². The molecule has 2 aromatic carbocycles. The van der Waals surface area contributed by atoms with Crippen LogP contribution in [0.3, 0.4) is 0 Å². The summed E-state index contributed by atoms with van der Waals surface area (Å²) < 4.78 is 22.6. The van der Waals surface area contributed by atoms with E-state index < -0.39 is 0 Å². The number of piperidine rings is 1. The van der Waals surface area contributed by atoms with Crippen LogP contribution in [0.2, 0.25) is 0 Å². The summed E-state index contributed by atoms with van der Waals surface area (Å²) in [5, 5.41) is 6.73. The number of carbonyl (C=O) groups excluding carboxylic acids is 1. The van der Waals surface area contributed by atoms with Crippen LogP contribution in [0, 0.1) is 11.7 Å². The quantitative estimate of drug-likeness (QED) is 0.555. The molecule has 2 N–H and O–H groups in total. The Hall–Kier alpha value is -3.20. The highest BCUT2D eigenvalue weighted by atomic mass is 32.1. The topological polar surface area (TPSA) is 79.4 Å². The van der Waals surface area contributed by atoms with Gasteiger partial charge in [-0.1, -0.05) is 12.1 Å². The van der Waals surface area contributed by atoms with E-state index in [2.05, 4.69) is 24.9 Å². The van der Waals surface area contributed by atoms with Crippen LogP contribution in [0.5, 0.6) is 5.75 Å². The van der Waals surface area contributed by atoms with Gasteiger partial charge >= 0.3 is 6.03 Å². The molecule has 1 saturated heterocycles. The van der Waals surface area contributed by atoms with Gasteiger partial charge in [-0.3, -0.25) is 0 Å². The van der Waals surface area contributed by atoms with Gasteiger partial charge in [0.2, 0.25) is 5.13 Å². The lowest BCUT2D eigenvalue weighted by Crippen LogP contribution is -2.39. The number of amides is 2. The molecule has 32 heavy (non-hydrogen) atoms. The van der Waals surface area contributed by atoms with Crippen LogP contribution < -0.4 is 20.3 Å². The summed E-state index contributed by atoms with van der Waals surface area (Å²) in [5.74, 6) is 1.70. The van der Waals surface area contributed by atoms with E-state index in [1.165, 1.54) is 23.7 Å². The van der Waals surface area contributed by atoms with Gasteiger partial charge in [0.15, 0.2) is 0 Å². The molecule has 168 valence electrons. The van der Waals surface area contributed by atoms with Gasteiger partial charge in [-0.05, 0) is 60.7 Å². The van der Waals surface area contributed by atoms with Gasteiger partial charge in [0, 0.05) is 43.3 Å². The van der Waals surface area contributed by atoms with Crippen LogP contribution in [-0.4, -0.2) is 42.1 Å². The molecule has 1 aliphatic heterocycles. The Labute approximate surface area is 190 Å². The van der Waals surface area contributed by atoms with E-state index in [4.69, 9.17) is 4.74 Å². The highest BCUT2D eigenvalue weighted by Gasteiger charge is 2.22. The minimum Gasteiger partial charge on any atom is -0.497 e. The van der Waals surface area contributed by atoms with E-state index in [9.17, 15) is 9.18 Å². The zero-order valence-corrected chi connectivity index (χ0v) is 18.7. The Morgan fingerprint density at radius 1 is 1.16 bits per heavy atom. The van der Waals surface area contributed by atoms with E-state index in [0.717, 1.165) is 53.9 Å². The predicted molar refractivity (Wildman–Crippen MR) is 124 cm³/mol. The fourth-order valence-electron chi connectivity index (χ4n) is 3.64. The second-order valence-electron chi connectivity index (χ2n) is 7.79. The Bertz CT molecular complexity index is 1020. The largest absolute Gasteiger partial charge is 0.497 e. The molecule has 0 saturated carbocycles. The van der Waals surface area contributed by atoms with Crippen molar-refractivity contribution in [1.82, 2.24) is 14.7 Å². The van der Waals surface area contributed by atoms with Gasteiger partial charge in [0.1, 0.15) is 17.4 Å². The van der Waals surface area contributed by atoms with E-state index >= 15 is 0 Å². The summed E-state index contributed by atoms with van der Waals surface area (Å²) in [7, 11) is 1.61. The van der Waals surface area contributed by atoms with Crippen molar-refractivity contribution in [3.8, 4) is 5.75 Å². The molecule has 1 aliphatic rings. The summed E-state index contributed by atoms with van der Waals surface area (Å²) >= 11 is 1.40. The van der Waals surface area contributed by atoms with Crippen molar-refractivity contribution in [1.29, 1.82) is 0 Å². The second-order valence-corrected chi connectivity index (χ2v) is 8.52. The first-order valence-corrected chi connectivity index (χ1v) is 11.4. The molecule has 3 aromatic rings. The molecule has 0 atom stereocenters. The van der Waals surface area contributed by atoms with Crippen molar-refractivity contribution in [3.63, 3.8) is 0 Å². The predicted octanol–water partition coefficient (Wildman–Crippen LogP) is 4.31. The van der Waals surface area contributed by atoms with Crippen molar-refractivity contribution >= 4 is 28.4 Å². The van der Waals surface area contributed by atoms with Crippen LogP contribution in [0.25, 0.3) is 0 Å². The SMILES string of the molecule is COc1ccc(NC(=O)NCC2CCN(c3nc(Cc4ccc(F)cc4)ns3)CC2)cc1. The van der Waals surface area contributed by atoms with Crippen molar-refractivity contribution in [2.45, 2.75) is 19.3 Å². The normalized spacial score (nSPS) is 14.2. The summed E-state index contributed by atoms with van der Waals surface area (Å²) in [4.78, 5) is 19.1. The zero-order chi connectivity index (χ0) is 22.3. The standard InChI is InChI=1S/C23H26FN5O2S/c1-31-20-8-6-19(7-9-20)26-22(30)25-15-17-10-12-29(13-11-17)23-27-21(28-32-23)14-16-2-4-18(24)5-3-16/h2-9,17H,10-15H2,1H3,(H2,25,26,30). The smallest absolute Gasteiger partial charge is 0.319 e. The summed E-state index contributed by atoms with van der Waals surface area (Å²) in [6.45, 7) is 2.41. The van der Waals surface area contributed by atoms with Crippen LogP contribution >= 0.6 is 11.5 Å². The lowest BCUT2D eigenvalue weighted by molar-refractivity contribution is 0.248. The Morgan fingerprint density at radius 2 is 1.88 bits per heavy atom. The molecular formula is C23H26FN5O2S. The molecule has 2 amide bonds. The van der Waals surface area contributed by atoms with Crippen LogP contribution in [0.15, 0.2) is 48.5 Å². The fourth-order valence-corrected chi connectivity index (χ4v) is 4.38. The minimum absolute atomic E-state index is 0.202. The van der Waals surface area contributed by atoms with Crippen LogP contribution in [0.1, 0.15) is 24.2 Å². The number of halogens is 1. The molecule has 0 radical (unpaired) electrons. The number of nitrogens with one attached hydrogen (secondary N) is 2. The Kier molecular flexibility index (Phi) is 7.16. The van der Waals surface area contributed by atoms with Crippen molar-refractivity contribution in [2.75, 3.05) is 37.0 Å². The molecule has 4 rings (SSSR count). The number of hydrogen-bond acceptors (Lipinski definition) is 6. The van der Waals surface area contributed by atoms with Crippen molar-refractivity contribution < 1.29 is 13.9 Å². The molecule has 1 fully saturated rings. The third-order valence-corrected chi connectivity index (χ3v) is 6.33. The number of nitrogens with zero attached hydrogens (tertiary/aromatic N) is 3. The minimum atomic E-state index is -0.240. The van der Waals surface area contributed by atoms with Gasteiger partial charge in [-0.15, -0.1) is 0 Å². The number of methoxy groups -OCH3 is 1. The number of carbonyl (C=O) groups is 1. The summed E-state index contributed by atoms with van der Waals surface area (Å²) in [6.07, 6.45) is 2.56. The lowest BCUT2D eigenvalue weighted by Gasteiger charge is -2.31. The maximum absolute atomic E-state index is 13.1. The number of anilines is 2. The van der Waals surface area contributed by atoms with E-state index in [-0.39, 0.29) is 11.8 Å². The molecule has 0 aliphatic carbocycles. The maximum atomic E-state index is 13.1. The summed E-state index contributed by atoms with van der Waals surface area (Å²) in [6, 6.07) is 13.5. The van der Waals surface area contributed by atoms with E-state index in [1.54, 1.807) is 19.2 Å². The fraction of sp³-hybridized carbons (Fsp3) is 0.348. The van der Waals surface area contributed by atoms with Crippen molar-refractivity contribution in [3.05, 3.63) is 65.7 Å². The molecular weight excluding hydrogens is 429 g/mol. The molecule has 9 heteroatoms. The molecule has 7 nitrogen and oxygen atoms in total. The highest BCUT2D eigenvalue weighted by molar-refractivity contribution is 7.09. The van der Waals surface area contributed by atoms with Crippen molar-refractivity contribution in [2.24, 2.45) is 5.92 Å². The molecule has 2 heterocycles. The number of ether oxygens (including phenoxy) is 1. The third kappa shape index (κ3) is 5.94. The highest BCUT2D eigenvalue weighted by Crippen LogP contribution is 2.25. The maximum Gasteiger partial charge on any atom is 0.319 e. The van der Waals surface area contributed by atoms with Gasteiger partial charge in [0.25, 0.3) is 0 Å². The number of rotatable bonds is 7. The number of benzene rings is 2. The monoisotopic (exact) mass is 455 g/mol.